The third kappa shape index (κ3) is 2.25. The number of hydrogen-bond donors (Lipinski definition) is 2. The summed E-state index contributed by atoms with van der Waals surface area (Å²) in [6.07, 6.45) is 1.69. The van der Waals surface area contributed by atoms with Gasteiger partial charge in [0.15, 0.2) is 0 Å². The maximum Gasteiger partial charge on any atom is 0.129 e. The van der Waals surface area contributed by atoms with Crippen LogP contribution in [0.15, 0.2) is 34.9 Å². The van der Waals surface area contributed by atoms with Gasteiger partial charge in [-0.2, -0.15) is 0 Å². The molecular formula is C14H18N2O. The minimum atomic E-state index is -0.0920. The van der Waals surface area contributed by atoms with Crippen molar-refractivity contribution in [3.8, 4) is 0 Å². The van der Waals surface area contributed by atoms with Crippen molar-refractivity contribution in [3.63, 3.8) is 0 Å². The minimum absolute atomic E-state index is 0.0920. The average Bonchev–Trinajstić information content (AvgIpc) is 2.69. The van der Waals surface area contributed by atoms with Crippen molar-refractivity contribution in [3.05, 3.63) is 58.5 Å². The maximum absolute atomic E-state index is 5.66. The number of hydrazine groups is 1. The summed E-state index contributed by atoms with van der Waals surface area (Å²) in [5.74, 6) is 6.54. The Morgan fingerprint density at radius 1 is 1.12 bits per heavy atom. The molecular weight excluding hydrogens is 212 g/mol. The first kappa shape index (κ1) is 11.9. The summed E-state index contributed by atoms with van der Waals surface area (Å²) in [5, 5.41) is 0. The molecule has 1 unspecified atom stereocenters. The average molecular weight is 230 g/mol. The van der Waals surface area contributed by atoms with E-state index >= 15 is 0 Å². The highest BCUT2D eigenvalue weighted by Crippen LogP contribution is 2.27. The summed E-state index contributed by atoms with van der Waals surface area (Å²) >= 11 is 0. The van der Waals surface area contributed by atoms with Gasteiger partial charge in [0.2, 0.25) is 0 Å². The normalized spacial score (nSPS) is 12.7. The highest BCUT2D eigenvalue weighted by molar-refractivity contribution is 5.38. The van der Waals surface area contributed by atoms with Crippen molar-refractivity contribution < 1.29 is 4.42 Å². The van der Waals surface area contributed by atoms with E-state index in [0.29, 0.717) is 0 Å². The van der Waals surface area contributed by atoms with Gasteiger partial charge >= 0.3 is 0 Å². The second-order valence-corrected chi connectivity index (χ2v) is 4.43. The highest BCUT2D eigenvalue weighted by atomic mass is 16.3. The molecule has 90 valence electrons. The molecule has 0 bridgehead atoms. The number of benzene rings is 1. The van der Waals surface area contributed by atoms with Gasteiger partial charge in [0, 0.05) is 0 Å². The van der Waals surface area contributed by atoms with Crippen LogP contribution in [0.2, 0.25) is 0 Å². The Morgan fingerprint density at radius 3 is 2.41 bits per heavy atom. The van der Waals surface area contributed by atoms with Crippen molar-refractivity contribution in [2.24, 2.45) is 5.84 Å². The number of rotatable bonds is 3. The van der Waals surface area contributed by atoms with Gasteiger partial charge in [0.25, 0.3) is 0 Å². The number of furan rings is 1. The molecule has 3 nitrogen and oxygen atoms in total. The largest absolute Gasteiger partial charge is 0.467 e. The van der Waals surface area contributed by atoms with Crippen molar-refractivity contribution >= 4 is 0 Å². The van der Waals surface area contributed by atoms with Crippen LogP contribution in [0.1, 0.15) is 34.1 Å². The molecule has 3 N–H and O–H groups in total. The fourth-order valence-electron chi connectivity index (χ4n) is 2.14. The van der Waals surface area contributed by atoms with Gasteiger partial charge < -0.3 is 4.42 Å². The molecule has 0 saturated heterocycles. The minimum Gasteiger partial charge on any atom is -0.467 e. The van der Waals surface area contributed by atoms with E-state index in [2.05, 4.69) is 37.5 Å². The van der Waals surface area contributed by atoms with Gasteiger partial charge in [0.1, 0.15) is 11.8 Å². The maximum atomic E-state index is 5.66. The monoisotopic (exact) mass is 230 g/mol. The number of nitrogens with two attached hydrogens (primary N) is 1. The smallest absolute Gasteiger partial charge is 0.129 e. The van der Waals surface area contributed by atoms with Crippen LogP contribution in [0.3, 0.4) is 0 Å². The number of aryl methyl sites for hydroxylation is 3. The van der Waals surface area contributed by atoms with Gasteiger partial charge in [0.05, 0.1) is 6.26 Å². The zero-order chi connectivity index (χ0) is 12.4. The van der Waals surface area contributed by atoms with E-state index in [1.807, 2.05) is 13.0 Å². The van der Waals surface area contributed by atoms with Crippen LogP contribution in [-0.4, -0.2) is 0 Å². The molecule has 0 radical (unpaired) electrons. The lowest BCUT2D eigenvalue weighted by Crippen LogP contribution is -2.29. The summed E-state index contributed by atoms with van der Waals surface area (Å²) in [5.41, 5.74) is 7.54. The summed E-state index contributed by atoms with van der Waals surface area (Å²) < 4.78 is 5.51. The molecule has 1 aromatic heterocycles. The molecule has 0 aliphatic heterocycles. The van der Waals surface area contributed by atoms with Crippen LogP contribution in [0.5, 0.6) is 0 Å². The molecule has 0 aliphatic carbocycles. The molecule has 3 heteroatoms. The van der Waals surface area contributed by atoms with Crippen molar-refractivity contribution in [1.82, 2.24) is 5.43 Å². The molecule has 17 heavy (non-hydrogen) atoms. The van der Waals surface area contributed by atoms with Gasteiger partial charge in [-0.1, -0.05) is 23.8 Å². The van der Waals surface area contributed by atoms with E-state index in [0.717, 1.165) is 16.9 Å². The van der Waals surface area contributed by atoms with Crippen LogP contribution in [0, 0.1) is 20.8 Å². The number of nitrogens with one attached hydrogen (secondary N) is 1. The first-order valence-electron chi connectivity index (χ1n) is 5.70. The Hall–Kier alpha value is -1.58. The third-order valence-corrected chi connectivity index (χ3v) is 3.07. The van der Waals surface area contributed by atoms with Crippen LogP contribution in [0.25, 0.3) is 0 Å². The molecule has 1 atom stereocenters. The fourth-order valence-corrected chi connectivity index (χ4v) is 2.14. The summed E-state index contributed by atoms with van der Waals surface area (Å²) in [6, 6.07) is 8.19. The molecule has 2 rings (SSSR count). The first-order valence-corrected chi connectivity index (χ1v) is 5.70. The zero-order valence-electron chi connectivity index (χ0n) is 10.4. The summed E-state index contributed by atoms with van der Waals surface area (Å²) in [6.45, 7) is 6.19. The Bertz CT molecular complexity index is 517. The molecule has 2 aromatic rings. The molecule has 0 amide bonds. The quantitative estimate of drug-likeness (QED) is 0.629. The van der Waals surface area contributed by atoms with Gasteiger partial charge in [-0.05, 0) is 43.5 Å². The Kier molecular flexibility index (Phi) is 3.31. The van der Waals surface area contributed by atoms with Crippen LogP contribution in [-0.2, 0) is 0 Å². The van der Waals surface area contributed by atoms with E-state index in [9.17, 15) is 0 Å². The zero-order valence-corrected chi connectivity index (χ0v) is 10.4. The second kappa shape index (κ2) is 4.73. The molecule has 1 heterocycles. The lowest BCUT2D eigenvalue weighted by molar-refractivity contribution is 0.448. The van der Waals surface area contributed by atoms with E-state index in [1.54, 1.807) is 6.26 Å². The van der Waals surface area contributed by atoms with Crippen LogP contribution in [0.4, 0.5) is 0 Å². The van der Waals surface area contributed by atoms with E-state index in [-0.39, 0.29) is 6.04 Å². The standard InChI is InChI=1S/C14H18N2O/c1-9-4-5-12(11(3)8-9)13(16-15)14-10(2)6-7-17-14/h4-8,13,16H,15H2,1-3H3. The Morgan fingerprint density at radius 2 is 1.88 bits per heavy atom. The molecule has 0 saturated carbocycles. The predicted octanol–water partition coefficient (Wildman–Crippen LogP) is 2.76. The lowest BCUT2D eigenvalue weighted by atomic mass is 9.96. The SMILES string of the molecule is Cc1ccc(C(NN)c2occc2C)c(C)c1. The highest BCUT2D eigenvalue weighted by Gasteiger charge is 2.19. The third-order valence-electron chi connectivity index (χ3n) is 3.07. The summed E-state index contributed by atoms with van der Waals surface area (Å²) in [7, 11) is 0. The second-order valence-electron chi connectivity index (χ2n) is 4.43. The molecule has 0 fully saturated rings. The van der Waals surface area contributed by atoms with Gasteiger partial charge in [-0.25, -0.2) is 5.43 Å². The molecule has 1 aromatic carbocycles. The van der Waals surface area contributed by atoms with E-state index < -0.39 is 0 Å². The van der Waals surface area contributed by atoms with Crippen molar-refractivity contribution in [2.75, 3.05) is 0 Å². The van der Waals surface area contributed by atoms with Crippen molar-refractivity contribution in [1.29, 1.82) is 0 Å². The summed E-state index contributed by atoms with van der Waals surface area (Å²) in [4.78, 5) is 0. The Balaban J connectivity index is 2.46. The number of hydrogen-bond acceptors (Lipinski definition) is 3. The first-order chi connectivity index (χ1) is 8.13. The van der Waals surface area contributed by atoms with Crippen molar-refractivity contribution in [2.45, 2.75) is 26.8 Å². The fraction of sp³-hybridized carbons (Fsp3) is 0.286. The molecule has 0 spiro atoms. The predicted molar refractivity (Wildman–Crippen MR) is 68.5 cm³/mol. The molecule has 0 aliphatic rings. The van der Waals surface area contributed by atoms with E-state index in [1.165, 1.54) is 11.1 Å². The van der Waals surface area contributed by atoms with Gasteiger partial charge in [-0.3, -0.25) is 5.84 Å². The van der Waals surface area contributed by atoms with Gasteiger partial charge in [-0.15, -0.1) is 0 Å². The van der Waals surface area contributed by atoms with Crippen LogP contribution < -0.4 is 11.3 Å². The Labute approximate surface area is 102 Å². The van der Waals surface area contributed by atoms with E-state index in [4.69, 9.17) is 10.3 Å². The lowest BCUT2D eigenvalue weighted by Gasteiger charge is -2.17. The topological polar surface area (TPSA) is 51.2 Å². The van der Waals surface area contributed by atoms with Crippen LogP contribution >= 0.6 is 0 Å².